The summed E-state index contributed by atoms with van der Waals surface area (Å²) in [7, 11) is 0. The van der Waals surface area contributed by atoms with Crippen LogP contribution in [-0.2, 0) is 23.8 Å². The van der Waals surface area contributed by atoms with Crippen molar-refractivity contribution >= 4 is 18.0 Å². The van der Waals surface area contributed by atoms with E-state index in [0.29, 0.717) is 18.9 Å². The number of rotatable bonds is 10. The van der Waals surface area contributed by atoms with Gasteiger partial charge in [-0.2, -0.15) is 0 Å². The molecule has 0 aromatic rings. The van der Waals surface area contributed by atoms with E-state index < -0.39 is 29.9 Å². The van der Waals surface area contributed by atoms with Crippen LogP contribution in [0.15, 0.2) is 0 Å². The second kappa shape index (κ2) is 11.8. The van der Waals surface area contributed by atoms with E-state index in [1.807, 2.05) is 13.8 Å². The van der Waals surface area contributed by atoms with E-state index in [1.165, 1.54) is 0 Å². The molecule has 0 radical (unpaired) electrons. The zero-order chi connectivity index (χ0) is 21.2. The number of carbonyl (C=O) groups excluding carboxylic acids is 3. The minimum atomic E-state index is -0.883. The van der Waals surface area contributed by atoms with E-state index in [9.17, 15) is 14.4 Å². The summed E-state index contributed by atoms with van der Waals surface area (Å²) in [5.74, 6) is -0.883. The van der Waals surface area contributed by atoms with Crippen molar-refractivity contribution in [3.8, 4) is 0 Å². The smallest absolute Gasteiger partial charge is 0.407 e. The molecule has 0 heterocycles. The van der Waals surface area contributed by atoms with Gasteiger partial charge in [0, 0.05) is 13.0 Å². The number of ether oxygens (including phenoxy) is 3. The Balaban J connectivity index is 4.66. The van der Waals surface area contributed by atoms with Gasteiger partial charge >= 0.3 is 18.0 Å². The molecule has 0 aromatic heterocycles. The van der Waals surface area contributed by atoms with Gasteiger partial charge in [-0.25, -0.2) is 4.79 Å². The summed E-state index contributed by atoms with van der Waals surface area (Å²) in [5, 5.41) is 2.71. The van der Waals surface area contributed by atoms with Crippen molar-refractivity contribution in [1.82, 2.24) is 5.32 Å². The third kappa shape index (κ3) is 13.1. The fourth-order valence-corrected chi connectivity index (χ4v) is 2.33. The average molecular weight is 388 g/mol. The monoisotopic (exact) mass is 387 g/mol. The van der Waals surface area contributed by atoms with Crippen LogP contribution >= 0.6 is 0 Å². The Bertz CT molecular complexity index is 481. The maximum Gasteiger partial charge on any atom is 0.407 e. The Labute approximate surface area is 163 Å². The first-order chi connectivity index (χ1) is 12.3. The zero-order valence-electron chi connectivity index (χ0n) is 18.1. The Hall–Kier alpha value is -1.79. The van der Waals surface area contributed by atoms with Gasteiger partial charge in [0.2, 0.25) is 6.29 Å². The van der Waals surface area contributed by atoms with Crippen molar-refractivity contribution in [3.63, 3.8) is 0 Å². The minimum Gasteiger partial charge on any atom is -0.444 e. The lowest BCUT2D eigenvalue weighted by atomic mass is 9.94. The maximum atomic E-state index is 12.3. The van der Waals surface area contributed by atoms with Crippen LogP contribution in [-0.4, -0.2) is 36.5 Å². The van der Waals surface area contributed by atoms with Gasteiger partial charge in [0.25, 0.3) is 0 Å². The van der Waals surface area contributed by atoms with Gasteiger partial charge in [-0.1, -0.05) is 34.6 Å². The quantitative estimate of drug-likeness (QED) is 0.449. The second-order valence-electron chi connectivity index (χ2n) is 8.50. The number of amides is 1. The summed E-state index contributed by atoms with van der Waals surface area (Å²) in [6, 6.07) is 0. The summed E-state index contributed by atoms with van der Waals surface area (Å²) < 4.78 is 15.7. The summed E-state index contributed by atoms with van der Waals surface area (Å²) >= 11 is 0. The van der Waals surface area contributed by atoms with Gasteiger partial charge in [0.15, 0.2) is 0 Å². The van der Waals surface area contributed by atoms with Crippen LogP contribution in [0, 0.1) is 17.8 Å². The highest BCUT2D eigenvalue weighted by Crippen LogP contribution is 2.17. The Morgan fingerprint density at radius 3 is 2.04 bits per heavy atom. The SMILES string of the molecule is CCC(OC(=O)C[C@@H](CNC(=O)OC(C)(C)C)CC(C)C)OC(=O)C(C)C. The van der Waals surface area contributed by atoms with Crippen molar-refractivity contribution in [2.24, 2.45) is 17.8 Å². The molecule has 0 rings (SSSR count). The summed E-state index contributed by atoms with van der Waals surface area (Å²) in [6.45, 7) is 15.0. The van der Waals surface area contributed by atoms with Crippen LogP contribution < -0.4 is 5.32 Å². The highest BCUT2D eigenvalue weighted by Gasteiger charge is 2.23. The number of hydrogen-bond donors (Lipinski definition) is 1. The molecule has 0 aliphatic heterocycles. The molecule has 1 N–H and O–H groups in total. The Kier molecular flexibility index (Phi) is 11.0. The lowest BCUT2D eigenvalue weighted by Crippen LogP contribution is -2.36. The van der Waals surface area contributed by atoms with E-state index in [4.69, 9.17) is 14.2 Å². The minimum absolute atomic E-state index is 0.0941. The van der Waals surface area contributed by atoms with E-state index in [2.05, 4.69) is 5.32 Å². The highest BCUT2D eigenvalue weighted by atomic mass is 16.7. The fraction of sp³-hybridized carbons (Fsp3) is 0.850. The summed E-state index contributed by atoms with van der Waals surface area (Å²) in [4.78, 5) is 35.8. The molecule has 7 nitrogen and oxygen atoms in total. The first kappa shape index (κ1) is 25.2. The van der Waals surface area contributed by atoms with Crippen LogP contribution in [0.2, 0.25) is 0 Å². The molecule has 0 fully saturated rings. The van der Waals surface area contributed by atoms with Crippen molar-refractivity contribution in [1.29, 1.82) is 0 Å². The molecule has 0 aromatic carbocycles. The van der Waals surface area contributed by atoms with Gasteiger partial charge < -0.3 is 19.5 Å². The predicted octanol–water partition coefficient (Wildman–Crippen LogP) is 4.04. The first-order valence-electron chi connectivity index (χ1n) is 9.70. The molecule has 2 atom stereocenters. The molecule has 0 aliphatic rings. The number of hydrogen-bond acceptors (Lipinski definition) is 6. The first-order valence-corrected chi connectivity index (χ1v) is 9.70. The average Bonchev–Trinajstić information content (AvgIpc) is 2.49. The van der Waals surface area contributed by atoms with Gasteiger partial charge in [-0.05, 0) is 39.0 Å². The number of nitrogens with one attached hydrogen (secondary N) is 1. The van der Waals surface area contributed by atoms with E-state index in [-0.39, 0.29) is 18.3 Å². The molecule has 0 saturated heterocycles. The van der Waals surface area contributed by atoms with Crippen molar-refractivity contribution in [3.05, 3.63) is 0 Å². The predicted molar refractivity (Wildman–Crippen MR) is 103 cm³/mol. The van der Waals surface area contributed by atoms with Crippen LogP contribution in [0.3, 0.4) is 0 Å². The van der Waals surface area contributed by atoms with Gasteiger partial charge in [-0.15, -0.1) is 0 Å². The number of carbonyl (C=O) groups is 3. The summed E-state index contributed by atoms with van der Waals surface area (Å²) in [5.41, 5.74) is -0.578. The maximum absolute atomic E-state index is 12.3. The largest absolute Gasteiger partial charge is 0.444 e. The molecular weight excluding hydrogens is 350 g/mol. The van der Waals surface area contributed by atoms with Crippen LogP contribution in [0.5, 0.6) is 0 Å². The Morgan fingerprint density at radius 1 is 1.00 bits per heavy atom. The van der Waals surface area contributed by atoms with E-state index >= 15 is 0 Å². The molecule has 27 heavy (non-hydrogen) atoms. The fourth-order valence-electron chi connectivity index (χ4n) is 2.33. The molecule has 0 aliphatic carbocycles. The third-order valence-electron chi connectivity index (χ3n) is 3.51. The topological polar surface area (TPSA) is 90.9 Å². The van der Waals surface area contributed by atoms with E-state index in [0.717, 1.165) is 6.42 Å². The number of esters is 2. The van der Waals surface area contributed by atoms with Gasteiger partial charge in [-0.3, -0.25) is 9.59 Å². The standard InChI is InChI=1S/C20H37NO6/c1-9-17(26-18(23)14(4)5)25-16(22)11-15(10-13(2)3)12-21-19(24)27-20(6,7)8/h13-15,17H,9-12H2,1-8H3,(H,21,24)/t15-,17?/m0/s1. The molecule has 7 heteroatoms. The molecule has 1 unspecified atom stereocenters. The van der Waals surface area contributed by atoms with E-state index in [1.54, 1.807) is 41.5 Å². The molecule has 1 amide bonds. The van der Waals surface area contributed by atoms with Crippen LogP contribution in [0.1, 0.15) is 74.7 Å². The molecule has 0 spiro atoms. The highest BCUT2D eigenvalue weighted by molar-refractivity contribution is 5.73. The summed E-state index contributed by atoms with van der Waals surface area (Å²) in [6.07, 6.45) is -0.139. The van der Waals surface area contributed by atoms with Crippen molar-refractivity contribution < 1.29 is 28.6 Å². The lowest BCUT2D eigenvalue weighted by Gasteiger charge is -2.23. The second-order valence-corrected chi connectivity index (χ2v) is 8.50. The zero-order valence-corrected chi connectivity index (χ0v) is 18.1. The number of alkyl carbamates (subject to hydrolysis) is 1. The van der Waals surface area contributed by atoms with Crippen LogP contribution in [0.4, 0.5) is 4.79 Å². The van der Waals surface area contributed by atoms with Gasteiger partial charge in [0.1, 0.15) is 5.60 Å². The van der Waals surface area contributed by atoms with Gasteiger partial charge in [0.05, 0.1) is 12.3 Å². The Morgan fingerprint density at radius 2 is 1.59 bits per heavy atom. The van der Waals surface area contributed by atoms with Crippen molar-refractivity contribution in [2.45, 2.75) is 86.5 Å². The molecular formula is C20H37NO6. The molecule has 0 bridgehead atoms. The lowest BCUT2D eigenvalue weighted by molar-refractivity contribution is -0.191. The van der Waals surface area contributed by atoms with Crippen LogP contribution in [0.25, 0.3) is 0 Å². The third-order valence-corrected chi connectivity index (χ3v) is 3.51. The van der Waals surface area contributed by atoms with Crippen molar-refractivity contribution in [2.75, 3.05) is 6.54 Å². The molecule has 158 valence electrons. The normalized spacial score (nSPS) is 13.9. The molecule has 0 saturated carbocycles.